The maximum atomic E-state index is 12.1. The molecule has 1 N–H and O–H groups in total. The fourth-order valence-electron chi connectivity index (χ4n) is 2.80. The molecule has 21 heavy (non-hydrogen) atoms. The first-order valence-corrected chi connectivity index (χ1v) is 8.15. The van der Waals surface area contributed by atoms with Crippen molar-refractivity contribution >= 4 is 24.1 Å². The van der Waals surface area contributed by atoms with E-state index in [1.807, 2.05) is 30.5 Å². The molecule has 114 valence electrons. The molecule has 1 aliphatic rings. The number of para-hydroxylation sites is 1. The van der Waals surface area contributed by atoms with Crippen LogP contribution in [0.3, 0.4) is 0 Å². The van der Waals surface area contributed by atoms with Gasteiger partial charge in [-0.1, -0.05) is 39.3 Å². The number of allylic oxidation sites excluding steroid dienone is 1. The van der Waals surface area contributed by atoms with E-state index in [2.05, 4.69) is 38.7 Å². The molecule has 0 amide bonds. The van der Waals surface area contributed by atoms with Gasteiger partial charge in [0.2, 0.25) is 0 Å². The Morgan fingerprint density at radius 1 is 1.38 bits per heavy atom. The van der Waals surface area contributed by atoms with Crippen LogP contribution in [-0.4, -0.2) is 5.78 Å². The second-order valence-electron chi connectivity index (χ2n) is 6.54. The van der Waals surface area contributed by atoms with Crippen molar-refractivity contribution in [3.8, 4) is 0 Å². The number of benzene rings is 1. The highest BCUT2D eigenvalue weighted by Gasteiger charge is 2.33. The van der Waals surface area contributed by atoms with Gasteiger partial charge in [-0.15, -0.1) is 12.6 Å². The van der Waals surface area contributed by atoms with E-state index in [1.165, 1.54) is 0 Å². The van der Waals surface area contributed by atoms with Crippen LogP contribution in [0, 0.1) is 11.3 Å². The second-order valence-corrected chi connectivity index (χ2v) is 7.02. The van der Waals surface area contributed by atoms with Crippen molar-refractivity contribution in [2.24, 2.45) is 11.3 Å². The van der Waals surface area contributed by atoms with Gasteiger partial charge in [-0.05, 0) is 36.3 Å². The van der Waals surface area contributed by atoms with Crippen LogP contribution < -0.4 is 5.32 Å². The van der Waals surface area contributed by atoms with Gasteiger partial charge in [0.15, 0.2) is 5.78 Å². The molecule has 1 fully saturated rings. The van der Waals surface area contributed by atoms with E-state index in [4.69, 9.17) is 0 Å². The Morgan fingerprint density at radius 2 is 2.10 bits per heavy atom. The van der Waals surface area contributed by atoms with Crippen molar-refractivity contribution in [2.75, 3.05) is 5.32 Å². The third-order valence-electron chi connectivity index (χ3n) is 4.87. The summed E-state index contributed by atoms with van der Waals surface area (Å²) in [5, 5.41) is 3.24. The average Bonchev–Trinajstić information content (AvgIpc) is 2.47. The summed E-state index contributed by atoms with van der Waals surface area (Å²) in [5.41, 5.74) is 2.16. The number of hydrogen-bond donors (Lipinski definition) is 2. The van der Waals surface area contributed by atoms with Crippen molar-refractivity contribution in [2.45, 2.75) is 51.3 Å². The monoisotopic (exact) mass is 303 g/mol. The number of rotatable bonds is 4. The number of thiol groups is 1. The third kappa shape index (κ3) is 3.91. The van der Waals surface area contributed by atoms with Gasteiger partial charge in [0.25, 0.3) is 0 Å². The Kier molecular flexibility index (Phi) is 5.15. The van der Waals surface area contributed by atoms with E-state index in [9.17, 15) is 4.79 Å². The summed E-state index contributed by atoms with van der Waals surface area (Å²) in [7, 11) is 0. The van der Waals surface area contributed by atoms with Crippen LogP contribution in [0.4, 0.5) is 5.69 Å². The first kappa shape index (κ1) is 16.2. The summed E-state index contributed by atoms with van der Waals surface area (Å²) < 4.78 is 0. The number of ketones is 1. The standard InChI is InChI=1S/C18H25NOS/c1-4-18(2,3)14-9-10-16(20)13(11-14)12-19-15-7-5-6-8-17(15)21/h5-8,12,14,19,21H,4,9-11H2,1-3H3/b13-12+/t14-/m1/s1. The Morgan fingerprint density at radius 3 is 2.76 bits per heavy atom. The zero-order valence-corrected chi connectivity index (χ0v) is 14.0. The van der Waals surface area contributed by atoms with Crippen molar-refractivity contribution in [3.63, 3.8) is 0 Å². The molecule has 0 radical (unpaired) electrons. The molecule has 1 aromatic rings. The van der Waals surface area contributed by atoms with Crippen LogP contribution >= 0.6 is 12.6 Å². The first-order valence-electron chi connectivity index (χ1n) is 7.71. The normalized spacial score (nSPS) is 21.6. The molecule has 1 aromatic carbocycles. The highest BCUT2D eigenvalue weighted by Crippen LogP contribution is 2.41. The van der Waals surface area contributed by atoms with Gasteiger partial charge >= 0.3 is 0 Å². The number of hydrogen-bond acceptors (Lipinski definition) is 3. The zero-order valence-electron chi connectivity index (χ0n) is 13.1. The second kappa shape index (κ2) is 6.69. The molecule has 0 spiro atoms. The van der Waals surface area contributed by atoms with Gasteiger partial charge < -0.3 is 5.32 Å². The molecule has 0 unspecified atom stereocenters. The summed E-state index contributed by atoms with van der Waals surface area (Å²) in [5.74, 6) is 0.863. The van der Waals surface area contributed by atoms with E-state index in [0.717, 1.165) is 35.4 Å². The fourth-order valence-corrected chi connectivity index (χ4v) is 3.03. The minimum Gasteiger partial charge on any atom is -0.360 e. The Balaban J connectivity index is 2.12. The van der Waals surface area contributed by atoms with Crippen molar-refractivity contribution < 1.29 is 4.79 Å². The van der Waals surface area contributed by atoms with E-state index in [1.54, 1.807) is 0 Å². The Hall–Kier alpha value is -1.22. The molecule has 0 bridgehead atoms. The van der Waals surface area contributed by atoms with Gasteiger partial charge in [-0.2, -0.15) is 0 Å². The van der Waals surface area contributed by atoms with Crippen molar-refractivity contribution in [3.05, 3.63) is 36.0 Å². The summed E-state index contributed by atoms with van der Waals surface area (Å²) in [6.45, 7) is 6.85. The molecule has 0 heterocycles. The van der Waals surface area contributed by atoms with Crippen LogP contribution in [0.5, 0.6) is 0 Å². The lowest BCUT2D eigenvalue weighted by molar-refractivity contribution is -0.117. The highest BCUT2D eigenvalue weighted by molar-refractivity contribution is 7.80. The fraction of sp³-hybridized carbons (Fsp3) is 0.500. The van der Waals surface area contributed by atoms with Crippen LogP contribution in [0.15, 0.2) is 40.9 Å². The quantitative estimate of drug-likeness (QED) is 0.600. The highest BCUT2D eigenvalue weighted by atomic mass is 32.1. The van der Waals surface area contributed by atoms with E-state index < -0.39 is 0 Å². The van der Waals surface area contributed by atoms with Gasteiger partial charge in [-0.25, -0.2) is 0 Å². The Labute approximate surface area is 133 Å². The molecule has 0 aromatic heterocycles. The molecule has 2 rings (SSSR count). The third-order valence-corrected chi connectivity index (χ3v) is 5.26. The molecular formula is C18H25NOS. The lowest BCUT2D eigenvalue weighted by atomic mass is 9.68. The predicted octanol–water partition coefficient (Wildman–Crippen LogP) is 5.08. The molecule has 1 atom stereocenters. The average molecular weight is 303 g/mol. The van der Waals surface area contributed by atoms with Crippen LogP contribution in [-0.2, 0) is 4.79 Å². The van der Waals surface area contributed by atoms with Crippen LogP contribution in [0.25, 0.3) is 0 Å². The molecule has 1 aliphatic carbocycles. The Bertz CT molecular complexity index is 548. The number of nitrogens with one attached hydrogen (secondary N) is 1. The van der Waals surface area contributed by atoms with Crippen molar-refractivity contribution in [1.82, 2.24) is 0 Å². The van der Waals surface area contributed by atoms with Crippen LogP contribution in [0.2, 0.25) is 0 Å². The lowest BCUT2D eigenvalue weighted by Crippen LogP contribution is -2.29. The largest absolute Gasteiger partial charge is 0.360 e. The summed E-state index contributed by atoms with van der Waals surface area (Å²) in [6.07, 6.45) is 5.59. The van der Waals surface area contributed by atoms with Crippen LogP contribution in [0.1, 0.15) is 46.5 Å². The van der Waals surface area contributed by atoms with Gasteiger partial charge in [0.1, 0.15) is 0 Å². The number of anilines is 1. The number of carbonyl (C=O) groups excluding carboxylic acids is 1. The maximum absolute atomic E-state index is 12.1. The summed E-state index contributed by atoms with van der Waals surface area (Å²) in [4.78, 5) is 13.0. The van der Waals surface area contributed by atoms with E-state index in [0.29, 0.717) is 17.8 Å². The van der Waals surface area contributed by atoms with Crippen molar-refractivity contribution in [1.29, 1.82) is 0 Å². The smallest absolute Gasteiger partial charge is 0.160 e. The molecule has 0 aliphatic heterocycles. The van der Waals surface area contributed by atoms with Gasteiger partial charge in [-0.3, -0.25) is 4.79 Å². The number of carbonyl (C=O) groups is 1. The molecule has 1 saturated carbocycles. The topological polar surface area (TPSA) is 29.1 Å². The molecular weight excluding hydrogens is 278 g/mol. The first-order chi connectivity index (χ1) is 9.94. The summed E-state index contributed by atoms with van der Waals surface area (Å²) >= 11 is 4.42. The maximum Gasteiger partial charge on any atom is 0.160 e. The minimum absolute atomic E-state index is 0.280. The minimum atomic E-state index is 0.280. The SMILES string of the molecule is CCC(C)(C)[C@@H]1CCC(=O)/C(=C/Nc2ccccc2S)C1. The van der Waals surface area contributed by atoms with Gasteiger partial charge in [0, 0.05) is 23.1 Å². The molecule has 3 heteroatoms. The van der Waals surface area contributed by atoms with E-state index in [-0.39, 0.29) is 5.78 Å². The molecule has 2 nitrogen and oxygen atoms in total. The molecule has 0 saturated heterocycles. The lowest BCUT2D eigenvalue weighted by Gasteiger charge is -2.36. The van der Waals surface area contributed by atoms with E-state index >= 15 is 0 Å². The number of Topliss-reactive ketones (excluding diaryl/α,β-unsaturated/α-hetero) is 1. The zero-order chi connectivity index (χ0) is 15.5. The predicted molar refractivity (Wildman–Crippen MR) is 91.8 cm³/mol. The van der Waals surface area contributed by atoms with Gasteiger partial charge in [0.05, 0.1) is 5.69 Å². The summed E-state index contributed by atoms with van der Waals surface area (Å²) in [6, 6.07) is 7.83.